The van der Waals surface area contributed by atoms with Gasteiger partial charge >= 0.3 is 0 Å². The summed E-state index contributed by atoms with van der Waals surface area (Å²) in [6.07, 6.45) is 4.84. The molecule has 2 aromatic rings. The van der Waals surface area contributed by atoms with Gasteiger partial charge in [-0.25, -0.2) is 0 Å². The third-order valence-corrected chi connectivity index (χ3v) is 3.83. The maximum atomic E-state index is 12.5. The van der Waals surface area contributed by atoms with Gasteiger partial charge in [0.25, 0.3) is 5.91 Å². The van der Waals surface area contributed by atoms with Gasteiger partial charge in [-0.1, -0.05) is 32.0 Å². The molecule has 128 valence electrons. The number of nitrogens with one attached hydrogen (secondary N) is 2. The van der Waals surface area contributed by atoms with E-state index in [1.54, 1.807) is 12.4 Å². The lowest BCUT2D eigenvalue weighted by molar-refractivity contribution is -0.112. The normalized spacial score (nSPS) is 11.1. The Bertz CT molecular complexity index is 804. The minimum absolute atomic E-state index is 0.0343. The SMILES string of the molecule is Cc1cccc(C(C)C)c1NC(=O)/C(C#N)=C\NCc1ccncc1. The van der Waals surface area contributed by atoms with Gasteiger partial charge in [-0.15, -0.1) is 0 Å². The summed E-state index contributed by atoms with van der Waals surface area (Å²) in [5.41, 5.74) is 3.85. The lowest BCUT2D eigenvalue weighted by Gasteiger charge is -2.16. The van der Waals surface area contributed by atoms with Crippen LogP contribution in [0.15, 0.2) is 54.5 Å². The number of benzene rings is 1. The van der Waals surface area contributed by atoms with Crippen LogP contribution < -0.4 is 10.6 Å². The molecule has 1 heterocycles. The highest BCUT2D eigenvalue weighted by Gasteiger charge is 2.15. The van der Waals surface area contributed by atoms with Crippen LogP contribution in [0.3, 0.4) is 0 Å². The van der Waals surface area contributed by atoms with Crippen molar-refractivity contribution in [3.8, 4) is 6.07 Å². The number of aromatic nitrogens is 1. The van der Waals surface area contributed by atoms with Crippen molar-refractivity contribution in [3.05, 3.63) is 71.2 Å². The van der Waals surface area contributed by atoms with Crippen LogP contribution in [0.4, 0.5) is 5.69 Å². The van der Waals surface area contributed by atoms with E-state index >= 15 is 0 Å². The van der Waals surface area contributed by atoms with Crippen LogP contribution in [-0.2, 0) is 11.3 Å². The summed E-state index contributed by atoms with van der Waals surface area (Å²) in [5, 5.41) is 15.2. The van der Waals surface area contributed by atoms with Crippen molar-refractivity contribution in [2.24, 2.45) is 0 Å². The average molecular weight is 334 g/mol. The van der Waals surface area contributed by atoms with E-state index in [-0.39, 0.29) is 11.5 Å². The number of nitriles is 1. The third kappa shape index (κ3) is 4.92. The molecule has 0 aliphatic rings. The van der Waals surface area contributed by atoms with Crippen LogP contribution >= 0.6 is 0 Å². The van der Waals surface area contributed by atoms with Gasteiger partial charge < -0.3 is 10.6 Å². The number of hydrogen-bond acceptors (Lipinski definition) is 4. The molecule has 0 aliphatic carbocycles. The van der Waals surface area contributed by atoms with E-state index in [2.05, 4.69) is 29.5 Å². The zero-order chi connectivity index (χ0) is 18.2. The van der Waals surface area contributed by atoms with E-state index in [0.29, 0.717) is 6.54 Å². The smallest absolute Gasteiger partial charge is 0.267 e. The molecular weight excluding hydrogens is 312 g/mol. The fourth-order valence-corrected chi connectivity index (χ4v) is 2.44. The monoisotopic (exact) mass is 334 g/mol. The molecule has 0 saturated heterocycles. The first-order chi connectivity index (χ1) is 12.0. The Kier molecular flexibility index (Phi) is 6.30. The number of carbonyl (C=O) groups is 1. The molecule has 0 unspecified atom stereocenters. The Labute approximate surface area is 148 Å². The van der Waals surface area contributed by atoms with Crippen molar-refractivity contribution in [2.45, 2.75) is 33.2 Å². The quantitative estimate of drug-likeness (QED) is 0.624. The molecule has 0 fully saturated rings. The van der Waals surface area contributed by atoms with Crippen molar-refractivity contribution in [3.63, 3.8) is 0 Å². The number of rotatable bonds is 6. The number of anilines is 1. The van der Waals surface area contributed by atoms with Crippen LogP contribution in [-0.4, -0.2) is 10.9 Å². The summed E-state index contributed by atoms with van der Waals surface area (Å²) in [4.78, 5) is 16.4. The largest absolute Gasteiger partial charge is 0.386 e. The summed E-state index contributed by atoms with van der Waals surface area (Å²) in [7, 11) is 0. The first-order valence-corrected chi connectivity index (χ1v) is 8.16. The van der Waals surface area contributed by atoms with Crippen LogP contribution in [0.25, 0.3) is 0 Å². The number of carbonyl (C=O) groups excluding carboxylic acids is 1. The highest BCUT2D eigenvalue weighted by Crippen LogP contribution is 2.27. The molecule has 1 amide bonds. The number of aryl methyl sites for hydroxylation is 1. The number of hydrogen-bond donors (Lipinski definition) is 2. The van der Waals surface area contributed by atoms with Crippen LogP contribution in [0.2, 0.25) is 0 Å². The van der Waals surface area contributed by atoms with E-state index in [9.17, 15) is 10.1 Å². The highest BCUT2D eigenvalue weighted by molar-refractivity contribution is 6.07. The van der Waals surface area contributed by atoms with Gasteiger partial charge in [0.2, 0.25) is 0 Å². The van der Waals surface area contributed by atoms with E-state index in [1.165, 1.54) is 6.20 Å². The molecule has 5 nitrogen and oxygen atoms in total. The molecule has 0 atom stereocenters. The van der Waals surface area contributed by atoms with Crippen LogP contribution in [0.1, 0.15) is 36.5 Å². The lowest BCUT2D eigenvalue weighted by atomic mass is 9.98. The summed E-state index contributed by atoms with van der Waals surface area (Å²) in [6.45, 7) is 6.60. The van der Waals surface area contributed by atoms with E-state index in [4.69, 9.17) is 0 Å². The topological polar surface area (TPSA) is 77.8 Å². The molecule has 0 radical (unpaired) electrons. The van der Waals surface area contributed by atoms with Gasteiger partial charge in [0, 0.05) is 30.8 Å². The fraction of sp³-hybridized carbons (Fsp3) is 0.250. The second-order valence-corrected chi connectivity index (χ2v) is 6.05. The number of nitrogens with zero attached hydrogens (tertiary/aromatic N) is 2. The molecule has 0 bridgehead atoms. The highest BCUT2D eigenvalue weighted by atomic mass is 16.1. The molecule has 1 aromatic carbocycles. The van der Waals surface area contributed by atoms with Gasteiger partial charge in [-0.2, -0.15) is 5.26 Å². The standard InChI is InChI=1S/C20H22N4O/c1-14(2)18-6-4-5-15(3)19(18)24-20(25)17(11-21)13-23-12-16-7-9-22-10-8-16/h4-10,13-14,23H,12H2,1-3H3,(H,24,25)/b17-13-. The van der Waals surface area contributed by atoms with Crippen molar-refractivity contribution < 1.29 is 4.79 Å². The van der Waals surface area contributed by atoms with Crippen molar-refractivity contribution in [1.82, 2.24) is 10.3 Å². The molecule has 0 aliphatic heterocycles. The van der Waals surface area contributed by atoms with Gasteiger partial charge in [0.15, 0.2) is 0 Å². The van der Waals surface area contributed by atoms with Gasteiger partial charge in [0.1, 0.15) is 11.6 Å². The number of amides is 1. The van der Waals surface area contributed by atoms with Crippen molar-refractivity contribution in [1.29, 1.82) is 5.26 Å². The Morgan fingerprint density at radius 3 is 2.64 bits per heavy atom. The van der Waals surface area contributed by atoms with E-state index < -0.39 is 5.91 Å². The Hall–Kier alpha value is -3.13. The van der Waals surface area contributed by atoms with Gasteiger partial charge in [-0.3, -0.25) is 9.78 Å². The Morgan fingerprint density at radius 2 is 2.00 bits per heavy atom. The molecule has 2 N–H and O–H groups in total. The minimum atomic E-state index is -0.416. The van der Waals surface area contributed by atoms with Crippen molar-refractivity contribution in [2.75, 3.05) is 5.32 Å². The summed E-state index contributed by atoms with van der Waals surface area (Å²) in [6, 6.07) is 11.6. The third-order valence-electron chi connectivity index (χ3n) is 3.83. The average Bonchev–Trinajstić information content (AvgIpc) is 2.61. The van der Waals surface area contributed by atoms with Crippen LogP contribution in [0, 0.1) is 18.3 Å². The second kappa shape index (κ2) is 8.65. The molecule has 2 rings (SSSR count). The minimum Gasteiger partial charge on any atom is -0.386 e. The predicted octanol–water partition coefficient (Wildman–Crippen LogP) is 3.65. The summed E-state index contributed by atoms with van der Waals surface area (Å²) in [5.74, 6) is -0.143. The predicted molar refractivity (Wildman–Crippen MR) is 98.7 cm³/mol. The van der Waals surface area contributed by atoms with E-state index in [1.807, 2.05) is 43.3 Å². The number of pyridine rings is 1. The van der Waals surface area contributed by atoms with Crippen LogP contribution in [0.5, 0.6) is 0 Å². The van der Waals surface area contributed by atoms with E-state index in [0.717, 1.165) is 22.4 Å². The molecule has 5 heteroatoms. The summed E-state index contributed by atoms with van der Waals surface area (Å²) >= 11 is 0. The first kappa shape index (κ1) is 18.2. The molecule has 1 aromatic heterocycles. The lowest BCUT2D eigenvalue weighted by Crippen LogP contribution is -2.18. The van der Waals surface area contributed by atoms with Crippen molar-refractivity contribution >= 4 is 11.6 Å². The summed E-state index contributed by atoms with van der Waals surface area (Å²) < 4.78 is 0. The molecule has 0 spiro atoms. The zero-order valence-corrected chi connectivity index (χ0v) is 14.7. The van der Waals surface area contributed by atoms with Gasteiger partial charge in [0.05, 0.1) is 0 Å². The first-order valence-electron chi connectivity index (χ1n) is 8.16. The van der Waals surface area contributed by atoms with Gasteiger partial charge in [-0.05, 0) is 41.7 Å². The number of para-hydroxylation sites is 1. The Balaban J connectivity index is 2.10. The molecular formula is C20H22N4O. The molecule has 25 heavy (non-hydrogen) atoms. The maximum Gasteiger partial charge on any atom is 0.267 e. The maximum absolute atomic E-state index is 12.5. The Morgan fingerprint density at radius 1 is 1.28 bits per heavy atom. The fourth-order valence-electron chi connectivity index (χ4n) is 2.44. The molecule has 0 saturated carbocycles. The zero-order valence-electron chi connectivity index (χ0n) is 14.7. The second-order valence-electron chi connectivity index (χ2n) is 6.05.